The van der Waals surface area contributed by atoms with Crippen molar-refractivity contribution in [3.63, 3.8) is 0 Å². The fourth-order valence-corrected chi connectivity index (χ4v) is 15.4. The fourth-order valence-electron chi connectivity index (χ4n) is 15.4. The molecular formula is C112H203I3N12O19. The first-order valence-electron chi connectivity index (χ1n) is 54.9. The zero-order valence-corrected chi connectivity index (χ0v) is 98.7. The van der Waals surface area contributed by atoms with Crippen LogP contribution in [0.3, 0.4) is 0 Å². The van der Waals surface area contributed by atoms with Gasteiger partial charge in [0, 0.05) is 103 Å². The van der Waals surface area contributed by atoms with Crippen molar-refractivity contribution in [2.75, 3.05) is 145 Å². The second kappa shape index (κ2) is 97.8. The molecule has 0 bridgehead atoms. The van der Waals surface area contributed by atoms with Gasteiger partial charge in [-0.2, -0.15) is 0 Å². The minimum absolute atomic E-state index is 0. The van der Waals surface area contributed by atoms with E-state index in [4.69, 9.17) is 44.6 Å². The average Bonchev–Trinajstić information content (AvgIpc) is 1.72. The van der Waals surface area contributed by atoms with Gasteiger partial charge in [0.25, 0.3) is 0 Å². The van der Waals surface area contributed by atoms with Crippen molar-refractivity contribution in [1.82, 2.24) is 42.5 Å². The third-order valence-electron chi connectivity index (χ3n) is 25.0. The molecule has 0 spiro atoms. The largest absolute Gasteiger partial charge is 1.00 e. The Hall–Kier alpha value is -5.44. The summed E-state index contributed by atoms with van der Waals surface area (Å²) in [6, 6.07) is 0. The van der Waals surface area contributed by atoms with Crippen molar-refractivity contribution in [2.45, 2.75) is 404 Å². The lowest BCUT2D eigenvalue weighted by molar-refractivity contribution is -0.887. The topological polar surface area (TPSA) is 433 Å². The van der Waals surface area contributed by atoms with Crippen LogP contribution in [0.5, 0.6) is 0 Å². The van der Waals surface area contributed by atoms with E-state index in [0.717, 1.165) is 139 Å². The minimum Gasteiger partial charge on any atom is -1.00 e. The monoisotopic (exact) mass is 2400 g/mol. The molecular weight excluding hydrogens is 2200 g/mol. The Kier molecular flexibility index (Phi) is 96.9. The molecule has 5 aliphatic heterocycles. The lowest BCUT2D eigenvalue weighted by atomic mass is 10.0. The molecule has 6 amide bonds. The van der Waals surface area contributed by atoms with Crippen molar-refractivity contribution in [2.24, 2.45) is 11.5 Å². The number of quaternary nitrogens is 2. The van der Waals surface area contributed by atoms with Crippen molar-refractivity contribution in [3.05, 3.63) is 110 Å². The molecule has 5 heterocycles. The number of epoxide rings is 5. The number of amides is 6. The van der Waals surface area contributed by atoms with Gasteiger partial charge in [-0.15, -0.1) is 0 Å². The summed E-state index contributed by atoms with van der Waals surface area (Å²) in [6.07, 6.45) is 69.1. The van der Waals surface area contributed by atoms with Gasteiger partial charge >= 0.3 is 17.9 Å². The number of halogens is 3. The van der Waals surface area contributed by atoms with Gasteiger partial charge in [0.15, 0.2) is 0 Å². The van der Waals surface area contributed by atoms with Crippen LogP contribution in [0, 0.1) is 0 Å². The van der Waals surface area contributed by atoms with Gasteiger partial charge in [-0.1, -0.05) is 291 Å². The standard InChI is InChI=1S/C36H61N3O8.C30H53N3O4.C28H49N3O4.C13H22O3.C4H13N3.CH3I.2HI/c1-7-11-13-21-31(46-35(44)9-3)29(40)19-15-17-23-33(42)37-25-27-39(5,6)28-26-38-34(43)24-18-16-20-30(41)32(22-14-12-8-2)47-36(45)10-4;1-5-7-9-15-25-27(36-25)17-11-13-19-29(34)31-21-23-33(3,4)24-22-32-30(35)20-14-12-18-28-26(37-28)16-10-8-6-2;1-3-5-7-13-23-25(34-23)15-9-11-17-27(32)30-21-19-29-20-22-31-28(33)18-12-10-16-26-24(35-26)14-8-6-4-2;1-3-4-5-8-11-12(16-11)9-6-7-10-13(14)15-2;5-1-3-7-4-2-6;1-2;;/h9-10,15-18,29-32,40-41H,3-4,7-8,11-14,19-28H2,1-2,5-6H3,(H-,37,38,42,43);11-14,25-28H,5-10,15-24H2,1-4H3,(H-,31,32,34,35);9-12,23-26,29H,3-8,13-22H2,1-2H3,(H,30,32)(H,31,33);6-7,11-12H,3-5,8-10H2,1-2H3;7H,1-6H2;1H3;2*1H/b17-15+,18-16+;13-11+,14-12+;11-9+,12-10+;7-6+;;;;. The van der Waals surface area contributed by atoms with Gasteiger partial charge in [-0.3, -0.25) is 33.6 Å². The van der Waals surface area contributed by atoms with Gasteiger partial charge in [0.2, 0.25) is 35.4 Å². The molecule has 0 aromatic heterocycles. The first-order chi connectivity index (χ1) is 69.5. The summed E-state index contributed by atoms with van der Waals surface area (Å²) in [6.45, 7) is 32.9. The molecule has 146 heavy (non-hydrogen) atoms. The highest BCUT2D eigenvalue weighted by Crippen LogP contribution is 2.35. The fraction of sp³-hybridized carbons (Fsp3) is 0.759. The molecule has 0 aromatic carbocycles. The maximum atomic E-state index is 12.3. The number of esters is 3. The molecule has 14 N–H and O–H groups in total. The van der Waals surface area contributed by atoms with Crippen LogP contribution in [0.25, 0.3) is 0 Å². The van der Waals surface area contributed by atoms with Crippen LogP contribution >= 0.6 is 22.6 Å². The predicted octanol–water partition coefficient (Wildman–Crippen LogP) is 9.28. The minimum atomic E-state index is -0.856. The smallest absolute Gasteiger partial charge is 0.330 e. The molecule has 5 aliphatic rings. The Bertz CT molecular complexity index is 3370. The SMILES string of the molecule is C=CC(=O)OC(CCCCC)C(O)C/C=C/CC(=O)NCC[N+](C)(C)CCNC(=O)C/C=C/CC(O)C(CCCCC)OC(=O)C=C.CCCCCC1OC1C/C=C/CC(=O)NCCNCCNC(=O)C/C=C/CC1OC1CCCCC.CCCCCC1OC1C/C=C/CC(=O)NCC[N+](C)(C)CCNC(=O)C/C=C/CC1OC1CCCCC.CCCCCC1OC1C/C=C/CC(=O)OC.CI.NCCNCCN.[I-].[I-]. The Morgan fingerprint density at radius 1 is 0.329 bits per heavy atom. The van der Waals surface area contributed by atoms with E-state index in [1.165, 1.54) is 110 Å². The third-order valence-corrected chi connectivity index (χ3v) is 25.0. The van der Waals surface area contributed by atoms with Gasteiger partial charge < -0.3 is 159 Å². The van der Waals surface area contributed by atoms with Gasteiger partial charge in [-0.25, -0.2) is 9.59 Å². The van der Waals surface area contributed by atoms with Crippen LogP contribution in [0.4, 0.5) is 0 Å². The predicted molar refractivity (Wildman–Crippen MR) is 591 cm³/mol. The molecule has 5 saturated heterocycles. The van der Waals surface area contributed by atoms with E-state index in [1.807, 2.05) is 55.5 Å². The quantitative estimate of drug-likeness (QED) is 0.00310. The van der Waals surface area contributed by atoms with E-state index in [0.29, 0.717) is 189 Å². The Morgan fingerprint density at radius 3 is 0.788 bits per heavy atom. The summed E-state index contributed by atoms with van der Waals surface area (Å²) in [5.74, 6) is -1.41. The number of nitrogens with one attached hydrogen (secondary N) is 8. The maximum absolute atomic E-state index is 12.3. The number of likely N-dealkylation sites (N-methyl/N-ethyl adjacent to an activating group) is 2. The summed E-state index contributed by atoms with van der Waals surface area (Å²) >= 11 is 2.15. The van der Waals surface area contributed by atoms with Crippen LogP contribution in [0.1, 0.15) is 318 Å². The number of aliphatic hydroxyl groups is 2. The zero-order chi connectivity index (χ0) is 107. The summed E-state index contributed by atoms with van der Waals surface area (Å²) in [7, 11) is 9.69. The van der Waals surface area contributed by atoms with Crippen LogP contribution in [0.2, 0.25) is 0 Å². The molecule has 14 atom stereocenters. The van der Waals surface area contributed by atoms with E-state index in [2.05, 4.69) is 170 Å². The van der Waals surface area contributed by atoms with Gasteiger partial charge in [-0.05, 0) is 108 Å². The average molecular weight is 2400 g/mol. The van der Waals surface area contributed by atoms with Crippen molar-refractivity contribution in [1.29, 1.82) is 0 Å². The number of aliphatic hydroxyl groups excluding tert-OH is 2. The lowest BCUT2D eigenvalue weighted by Crippen LogP contribution is -3.00. The van der Waals surface area contributed by atoms with Crippen molar-refractivity contribution in [3.8, 4) is 0 Å². The first kappa shape index (κ1) is 145. The van der Waals surface area contributed by atoms with Gasteiger partial charge in [0.05, 0.1) is 167 Å². The van der Waals surface area contributed by atoms with E-state index >= 15 is 0 Å². The number of unbranched alkanes of at least 4 members (excludes halogenated alkanes) is 14. The summed E-state index contributed by atoms with van der Waals surface area (Å²) in [4.78, 5) is 109. The molecule has 0 saturated carbocycles. The van der Waals surface area contributed by atoms with Crippen LogP contribution in [-0.2, 0) is 81.0 Å². The molecule has 846 valence electrons. The molecule has 14 unspecified atom stereocenters. The number of alkyl halides is 1. The number of ether oxygens (including phenoxy) is 8. The number of hydrogen-bond donors (Lipinski definition) is 12. The van der Waals surface area contributed by atoms with Crippen molar-refractivity contribution >= 4 is 75.9 Å². The molecule has 0 aromatic rings. The van der Waals surface area contributed by atoms with E-state index in [1.54, 1.807) is 24.3 Å². The van der Waals surface area contributed by atoms with E-state index in [9.17, 15) is 53.4 Å². The highest BCUT2D eigenvalue weighted by Gasteiger charge is 2.40. The van der Waals surface area contributed by atoms with Crippen LogP contribution < -0.4 is 102 Å². The van der Waals surface area contributed by atoms with E-state index < -0.39 is 36.4 Å². The Morgan fingerprint density at radius 2 is 0.555 bits per heavy atom. The number of rotatable bonds is 84. The maximum Gasteiger partial charge on any atom is 0.330 e. The molecule has 5 rings (SSSR count). The molecule has 0 aliphatic carbocycles. The highest BCUT2D eigenvalue weighted by atomic mass is 127. The molecule has 5 fully saturated rings. The normalized spacial score (nSPS) is 19.1. The van der Waals surface area contributed by atoms with Gasteiger partial charge in [0.1, 0.15) is 12.2 Å². The van der Waals surface area contributed by atoms with Crippen molar-refractivity contribution < 1.29 is 148 Å². The zero-order valence-electron chi connectivity index (χ0n) is 92.3. The second-order valence-electron chi connectivity index (χ2n) is 38.9. The molecule has 0 radical (unpaired) electrons. The number of carbonyl (C=O) groups excluding carboxylic acids is 9. The molecule has 34 heteroatoms. The highest BCUT2D eigenvalue weighted by molar-refractivity contribution is 14.1. The number of methoxy groups -OCH3 is 1. The van der Waals surface area contributed by atoms with Crippen LogP contribution in [0.15, 0.2) is 110 Å². The Labute approximate surface area is 930 Å². The van der Waals surface area contributed by atoms with Crippen LogP contribution in [-0.4, -0.2) is 303 Å². The number of carbonyl (C=O) groups is 9. The Balaban J connectivity index is -0.00000187. The second-order valence-corrected chi connectivity index (χ2v) is 38.9. The number of nitrogens with two attached hydrogens (primary N) is 2. The first-order valence-corrected chi connectivity index (χ1v) is 57.1. The molecule has 31 nitrogen and oxygen atoms in total. The lowest BCUT2D eigenvalue weighted by Gasteiger charge is -2.29. The number of nitrogens with zero attached hydrogens (tertiary/aromatic N) is 2. The number of hydrogen-bond acceptors (Lipinski definition) is 23. The summed E-state index contributed by atoms with van der Waals surface area (Å²) < 4.78 is 44.7. The summed E-state index contributed by atoms with van der Waals surface area (Å²) in [5.41, 5.74) is 10.3. The third kappa shape index (κ3) is 88.1. The van der Waals surface area contributed by atoms with E-state index in [-0.39, 0.29) is 115 Å². The summed E-state index contributed by atoms with van der Waals surface area (Å²) in [5, 5.41) is 44.9.